The van der Waals surface area contributed by atoms with Crippen molar-refractivity contribution in [2.45, 2.75) is 12.5 Å². The van der Waals surface area contributed by atoms with Crippen molar-refractivity contribution in [1.82, 2.24) is 0 Å². The first-order chi connectivity index (χ1) is 8.56. The molecule has 0 fully saturated rings. The lowest BCUT2D eigenvalue weighted by Crippen LogP contribution is -2.03. The molecule has 1 nitrogen and oxygen atoms in total. The third-order valence-electron chi connectivity index (χ3n) is 2.66. The molecule has 0 bridgehead atoms. The molecule has 0 saturated carbocycles. The Bertz CT molecular complexity index is 540. The van der Waals surface area contributed by atoms with Gasteiger partial charge < -0.3 is 5.11 Å². The maximum atomic E-state index is 10.3. The zero-order valence-electron chi connectivity index (χ0n) is 9.41. The number of rotatable bonds is 3. The van der Waals surface area contributed by atoms with Crippen LogP contribution in [-0.4, -0.2) is 5.11 Å². The molecule has 0 radical (unpaired) electrons. The van der Waals surface area contributed by atoms with Crippen molar-refractivity contribution >= 4 is 54.5 Å². The van der Waals surface area contributed by atoms with E-state index in [0.29, 0.717) is 6.42 Å². The number of halogens is 3. The molecule has 2 rings (SSSR count). The second kappa shape index (κ2) is 6.50. The van der Waals surface area contributed by atoms with E-state index in [0.717, 1.165) is 23.6 Å². The molecule has 0 heterocycles. The van der Waals surface area contributed by atoms with Gasteiger partial charge in [0.15, 0.2) is 0 Å². The zero-order valence-corrected chi connectivity index (χ0v) is 14.7. The highest BCUT2D eigenvalue weighted by Crippen LogP contribution is 2.28. The topological polar surface area (TPSA) is 20.2 Å². The summed E-state index contributed by atoms with van der Waals surface area (Å²) in [5.41, 5.74) is 2.06. The molecular weight excluding hydrogens is 471 g/mol. The number of aliphatic hydroxyl groups excluding tert-OH is 1. The Morgan fingerprint density at radius 3 is 2.39 bits per heavy atom. The lowest BCUT2D eigenvalue weighted by atomic mass is 10.0. The minimum atomic E-state index is -0.490. The lowest BCUT2D eigenvalue weighted by Gasteiger charge is -2.13. The standard InChI is InChI=1S/C14H11Br2IO/c15-10-3-1-9(2-4-10)7-14(18)12-8-11(17)5-6-13(12)16/h1-6,8,14,18H,7H2. The van der Waals surface area contributed by atoms with Gasteiger partial charge in [-0.15, -0.1) is 0 Å². The van der Waals surface area contributed by atoms with Crippen LogP contribution in [0, 0.1) is 3.57 Å². The number of hydrogen-bond donors (Lipinski definition) is 1. The maximum absolute atomic E-state index is 10.3. The molecule has 18 heavy (non-hydrogen) atoms. The molecule has 1 unspecified atom stereocenters. The summed E-state index contributed by atoms with van der Waals surface area (Å²) in [4.78, 5) is 0. The molecule has 94 valence electrons. The van der Waals surface area contributed by atoms with Crippen LogP contribution < -0.4 is 0 Å². The van der Waals surface area contributed by atoms with Gasteiger partial charge in [0.05, 0.1) is 6.10 Å². The molecule has 2 aromatic carbocycles. The minimum Gasteiger partial charge on any atom is -0.388 e. The summed E-state index contributed by atoms with van der Waals surface area (Å²) in [5, 5.41) is 10.3. The molecule has 1 atom stereocenters. The molecule has 0 amide bonds. The van der Waals surface area contributed by atoms with Crippen molar-refractivity contribution in [2.24, 2.45) is 0 Å². The SMILES string of the molecule is OC(Cc1ccc(Br)cc1)c1cc(I)ccc1Br. The van der Waals surface area contributed by atoms with Crippen LogP contribution in [0.3, 0.4) is 0 Å². The Morgan fingerprint density at radius 1 is 1.06 bits per heavy atom. The number of benzene rings is 2. The Morgan fingerprint density at radius 2 is 1.72 bits per heavy atom. The van der Waals surface area contributed by atoms with E-state index in [1.165, 1.54) is 0 Å². The fourth-order valence-electron chi connectivity index (χ4n) is 1.72. The van der Waals surface area contributed by atoms with Crippen molar-refractivity contribution < 1.29 is 5.11 Å². The van der Waals surface area contributed by atoms with Crippen molar-refractivity contribution in [1.29, 1.82) is 0 Å². The summed E-state index contributed by atoms with van der Waals surface area (Å²) in [6.45, 7) is 0. The van der Waals surface area contributed by atoms with Crippen molar-refractivity contribution in [3.8, 4) is 0 Å². The minimum absolute atomic E-state index is 0.490. The smallest absolute Gasteiger partial charge is 0.0841 e. The first kappa shape index (κ1) is 14.5. The van der Waals surface area contributed by atoms with Gasteiger partial charge in [-0.3, -0.25) is 0 Å². The molecule has 0 aliphatic heterocycles. The molecular formula is C14H11Br2IO. The Labute approximate surface area is 137 Å². The molecule has 0 aliphatic carbocycles. The van der Waals surface area contributed by atoms with Crippen LogP contribution in [0.1, 0.15) is 17.2 Å². The Hall–Kier alpha value is 0.0900. The Kier molecular flexibility index (Phi) is 5.24. The average Bonchev–Trinajstić information content (AvgIpc) is 2.35. The van der Waals surface area contributed by atoms with Crippen LogP contribution in [0.5, 0.6) is 0 Å². The van der Waals surface area contributed by atoms with E-state index in [9.17, 15) is 5.11 Å². The quantitative estimate of drug-likeness (QED) is 0.605. The van der Waals surface area contributed by atoms with Gasteiger partial charge in [0.25, 0.3) is 0 Å². The molecule has 4 heteroatoms. The Balaban J connectivity index is 2.18. The molecule has 0 saturated heterocycles. The highest BCUT2D eigenvalue weighted by Gasteiger charge is 2.12. The number of hydrogen-bond acceptors (Lipinski definition) is 1. The van der Waals surface area contributed by atoms with Crippen molar-refractivity contribution in [3.05, 3.63) is 66.1 Å². The highest BCUT2D eigenvalue weighted by atomic mass is 127. The summed E-state index contributed by atoms with van der Waals surface area (Å²) in [6.07, 6.45) is 0.127. The maximum Gasteiger partial charge on any atom is 0.0841 e. The van der Waals surface area contributed by atoms with Crippen LogP contribution in [0.25, 0.3) is 0 Å². The average molecular weight is 482 g/mol. The predicted octanol–water partition coefficient (Wildman–Crippen LogP) is 5.09. The van der Waals surface area contributed by atoms with E-state index in [2.05, 4.69) is 54.5 Å². The van der Waals surface area contributed by atoms with E-state index in [1.54, 1.807) is 0 Å². The fraction of sp³-hybridized carbons (Fsp3) is 0.143. The molecule has 1 N–H and O–H groups in total. The van der Waals surface area contributed by atoms with Gasteiger partial charge in [0.2, 0.25) is 0 Å². The van der Waals surface area contributed by atoms with E-state index in [-0.39, 0.29) is 0 Å². The second-order valence-electron chi connectivity index (χ2n) is 4.01. The van der Waals surface area contributed by atoms with Crippen molar-refractivity contribution in [2.75, 3.05) is 0 Å². The van der Waals surface area contributed by atoms with Crippen LogP contribution in [0.15, 0.2) is 51.4 Å². The monoisotopic (exact) mass is 480 g/mol. The van der Waals surface area contributed by atoms with Gasteiger partial charge in [-0.05, 0) is 64.0 Å². The lowest BCUT2D eigenvalue weighted by molar-refractivity contribution is 0.177. The zero-order chi connectivity index (χ0) is 13.1. The van der Waals surface area contributed by atoms with Crippen LogP contribution in [0.4, 0.5) is 0 Å². The van der Waals surface area contributed by atoms with E-state index in [1.807, 2.05) is 42.5 Å². The van der Waals surface area contributed by atoms with Gasteiger partial charge in [-0.25, -0.2) is 0 Å². The summed E-state index contributed by atoms with van der Waals surface area (Å²) >= 11 is 9.14. The van der Waals surface area contributed by atoms with Gasteiger partial charge in [-0.1, -0.05) is 44.0 Å². The van der Waals surface area contributed by atoms with Gasteiger partial charge >= 0.3 is 0 Å². The van der Waals surface area contributed by atoms with Gasteiger partial charge in [-0.2, -0.15) is 0 Å². The third-order valence-corrected chi connectivity index (χ3v) is 4.58. The highest BCUT2D eigenvalue weighted by molar-refractivity contribution is 14.1. The fourth-order valence-corrected chi connectivity index (χ4v) is 3.01. The second-order valence-corrected chi connectivity index (χ2v) is 7.03. The van der Waals surface area contributed by atoms with Crippen LogP contribution in [-0.2, 0) is 6.42 Å². The molecule has 2 aromatic rings. The van der Waals surface area contributed by atoms with E-state index in [4.69, 9.17) is 0 Å². The number of aliphatic hydroxyl groups is 1. The van der Waals surface area contributed by atoms with Gasteiger partial charge in [0, 0.05) is 18.9 Å². The van der Waals surface area contributed by atoms with E-state index < -0.39 is 6.10 Å². The van der Waals surface area contributed by atoms with Crippen LogP contribution >= 0.6 is 54.5 Å². The van der Waals surface area contributed by atoms with Gasteiger partial charge in [0.1, 0.15) is 0 Å². The first-order valence-electron chi connectivity index (χ1n) is 5.44. The van der Waals surface area contributed by atoms with E-state index >= 15 is 0 Å². The predicted molar refractivity (Wildman–Crippen MR) is 89.7 cm³/mol. The first-order valence-corrected chi connectivity index (χ1v) is 8.10. The largest absolute Gasteiger partial charge is 0.388 e. The summed E-state index contributed by atoms with van der Waals surface area (Å²) < 4.78 is 3.13. The van der Waals surface area contributed by atoms with Crippen LogP contribution in [0.2, 0.25) is 0 Å². The molecule has 0 aliphatic rings. The molecule has 0 spiro atoms. The van der Waals surface area contributed by atoms with Crippen molar-refractivity contribution in [3.63, 3.8) is 0 Å². The summed E-state index contributed by atoms with van der Waals surface area (Å²) in [7, 11) is 0. The summed E-state index contributed by atoms with van der Waals surface area (Å²) in [6, 6.07) is 14.0. The third kappa shape index (κ3) is 3.79. The molecule has 0 aromatic heterocycles. The normalized spacial score (nSPS) is 12.4. The summed E-state index contributed by atoms with van der Waals surface area (Å²) in [5.74, 6) is 0.